The van der Waals surface area contributed by atoms with Gasteiger partial charge >= 0.3 is 0 Å². The predicted octanol–water partition coefficient (Wildman–Crippen LogP) is 6.89. The molecule has 0 N–H and O–H groups in total. The van der Waals surface area contributed by atoms with Gasteiger partial charge in [0.25, 0.3) is 5.91 Å². The van der Waals surface area contributed by atoms with E-state index < -0.39 is 0 Å². The van der Waals surface area contributed by atoms with E-state index in [1.807, 2.05) is 29.2 Å². The van der Waals surface area contributed by atoms with Crippen molar-refractivity contribution in [1.82, 2.24) is 0 Å². The van der Waals surface area contributed by atoms with Gasteiger partial charge in [0.2, 0.25) is 0 Å². The Morgan fingerprint density at radius 1 is 0.931 bits per heavy atom. The number of halogens is 1. The maximum absolute atomic E-state index is 13.7. The molecule has 29 heavy (non-hydrogen) atoms. The van der Waals surface area contributed by atoms with Crippen LogP contribution in [0.4, 0.5) is 5.69 Å². The summed E-state index contributed by atoms with van der Waals surface area (Å²) in [6.07, 6.45) is 0.850. The molecule has 4 rings (SSSR count). The van der Waals surface area contributed by atoms with Crippen molar-refractivity contribution in [2.75, 3.05) is 4.90 Å². The van der Waals surface area contributed by atoms with Gasteiger partial charge in [-0.2, -0.15) is 0 Å². The van der Waals surface area contributed by atoms with Gasteiger partial charge in [-0.15, -0.1) is 0 Å². The average Bonchev–Trinajstić information content (AvgIpc) is 2.68. The van der Waals surface area contributed by atoms with Crippen molar-refractivity contribution >= 4 is 27.5 Å². The predicted molar refractivity (Wildman–Crippen MR) is 124 cm³/mol. The average molecular weight is 448 g/mol. The SMILES string of the molecule is Cc1ccc2c(c1)N(C(=O)c1ccc(Br)cc1)C(C)(C)CC2(C)c1ccccc1. The van der Waals surface area contributed by atoms with E-state index in [4.69, 9.17) is 0 Å². The lowest BCUT2D eigenvalue weighted by Crippen LogP contribution is -2.55. The van der Waals surface area contributed by atoms with Crippen molar-refractivity contribution in [2.24, 2.45) is 0 Å². The Bertz CT molecular complexity index is 1060. The molecule has 1 amide bonds. The van der Waals surface area contributed by atoms with Gasteiger partial charge in [-0.05, 0) is 74.2 Å². The summed E-state index contributed by atoms with van der Waals surface area (Å²) in [5.41, 5.74) is 4.87. The number of benzene rings is 3. The van der Waals surface area contributed by atoms with Crippen LogP contribution in [0.1, 0.15) is 54.2 Å². The Morgan fingerprint density at radius 2 is 1.59 bits per heavy atom. The highest BCUT2D eigenvalue weighted by Crippen LogP contribution is 2.51. The topological polar surface area (TPSA) is 20.3 Å². The molecule has 0 aliphatic carbocycles. The Balaban J connectivity index is 1.91. The van der Waals surface area contributed by atoms with Crippen LogP contribution in [0.3, 0.4) is 0 Å². The molecule has 0 aromatic heterocycles. The molecular formula is C26H26BrNO. The molecule has 1 atom stereocenters. The maximum Gasteiger partial charge on any atom is 0.258 e. The van der Waals surface area contributed by atoms with Crippen molar-refractivity contribution in [2.45, 2.75) is 45.1 Å². The van der Waals surface area contributed by atoms with E-state index in [2.05, 4.69) is 92.2 Å². The molecule has 1 unspecified atom stereocenters. The zero-order valence-electron chi connectivity index (χ0n) is 17.4. The molecule has 0 radical (unpaired) electrons. The molecule has 3 aromatic rings. The summed E-state index contributed by atoms with van der Waals surface area (Å²) in [5, 5.41) is 0. The number of carbonyl (C=O) groups is 1. The van der Waals surface area contributed by atoms with Gasteiger partial charge in [0.05, 0.1) is 0 Å². The number of rotatable bonds is 2. The van der Waals surface area contributed by atoms with E-state index in [0.29, 0.717) is 5.56 Å². The second-order valence-electron chi connectivity index (χ2n) is 8.86. The highest BCUT2D eigenvalue weighted by atomic mass is 79.9. The maximum atomic E-state index is 13.7. The first-order valence-electron chi connectivity index (χ1n) is 9.99. The summed E-state index contributed by atoms with van der Waals surface area (Å²) in [7, 11) is 0. The van der Waals surface area contributed by atoms with Crippen molar-refractivity contribution < 1.29 is 4.79 Å². The molecule has 1 aliphatic heterocycles. The Hall–Kier alpha value is -2.39. The van der Waals surface area contributed by atoms with Crippen molar-refractivity contribution in [3.8, 4) is 0 Å². The number of hydrogen-bond acceptors (Lipinski definition) is 1. The highest BCUT2D eigenvalue weighted by Gasteiger charge is 2.47. The zero-order chi connectivity index (χ0) is 20.8. The molecule has 2 nitrogen and oxygen atoms in total. The minimum absolute atomic E-state index is 0.0458. The lowest BCUT2D eigenvalue weighted by Gasteiger charge is -2.51. The third kappa shape index (κ3) is 3.42. The van der Waals surface area contributed by atoms with Gasteiger partial charge in [-0.1, -0.05) is 65.3 Å². The molecule has 3 aromatic carbocycles. The number of aryl methyl sites for hydroxylation is 1. The van der Waals surface area contributed by atoms with Crippen LogP contribution < -0.4 is 4.90 Å². The number of carbonyl (C=O) groups excluding carboxylic acids is 1. The third-order valence-electron chi connectivity index (χ3n) is 6.09. The normalized spacial score (nSPS) is 20.2. The lowest BCUT2D eigenvalue weighted by atomic mass is 9.65. The quantitative estimate of drug-likeness (QED) is 0.418. The number of fused-ring (bicyclic) bond motifs is 1. The lowest BCUT2D eigenvalue weighted by molar-refractivity contribution is 0.0948. The molecule has 148 valence electrons. The van der Waals surface area contributed by atoms with Crippen LogP contribution >= 0.6 is 15.9 Å². The minimum atomic E-state index is -0.338. The Labute approximate surface area is 181 Å². The monoisotopic (exact) mass is 447 g/mol. The van der Waals surface area contributed by atoms with Crippen LogP contribution in [-0.4, -0.2) is 11.4 Å². The third-order valence-corrected chi connectivity index (χ3v) is 6.61. The van der Waals surface area contributed by atoms with Gasteiger partial charge in [-0.3, -0.25) is 4.79 Å². The summed E-state index contributed by atoms with van der Waals surface area (Å²) in [5.74, 6) is 0.0458. The first-order chi connectivity index (χ1) is 13.7. The van der Waals surface area contributed by atoms with Crippen molar-refractivity contribution in [3.05, 3.63) is 99.5 Å². The van der Waals surface area contributed by atoms with Crippen LogP contribution in [-0.2, 0) is 5.41 Å². The summed E-state index contributed by atoms with van der Waals surface area (Å²) >= 11 is 3.46. The molecule has 0 saturated carbocycles. The zero-order valence-corrected chi connectivity index (χ0v) is 19.0. The van der Waals surface area contributed by atoms with E-state index in [0.717, 1.165) is 22.1 Å². The van der Waals surface area contributed by atoms with Crippen molar-refractivity contribution in [3.63, 3.8) is 0 Å². The molecule has 0 spiro atoms. The van der Waals surface area contributed by atoms with E-state index in [1.165, 1.54) is 11.1 Å². The minimum Gasteiger partial charge on any atom is -0.302 e. The fraction of sp³-hybridized carbons (Fsp3) is 0.269. The van der Waals surface area contributed by atoms with Gasteiger partial charge in [0.1, 0.15) is 0 Å². The van der Waals surface area contributed by atoms with E-state index in [1.54, 1.807) is 0 Å². The Kier molecular flexibility index (Phi) is 4.90. The number of anilines is 1. The van der Waals surface area contributed by atoms with Gasteiger partial charge in [0, 0.05) is 26.7 Å². The molecule has 1 aliphatic rings. The molecule has 1 heterocycles. The fourth-order valence-electron chi connectivity index (χ4n) is 4.83. The summed E-state index contributed by atoms with van der Waals surface area (Å²) in [6, 6.07) is 24.8. The molecule has 3 heteroatoms. The van der Waals surface area contributed by atoms with Gasteiger partial charge in [0.15, 0.2) is 0 Å². The van der Waals surface area contributed by atoms with Crippen LogP contribution in [0.15, 0.2) is 77.3 Å². The van der Waals surface area contributed by atoms with Crippen LogP contribution in [0.5, 0.6) is 0 Å². The summed E-state index contributed by atoms with van der Waals surface area (Å²) < 4.78 is 0.972. The van der Waals surface area contributed by atoms with E-state index >= 15 is 0 Å². The summed E-state index contributed by atoms with van der Waals surface area (Å²) in [4.78, 5) is 15.7. The molecule has 0 fully saturated rings. The number of nitrogens with zero attached hydrogens (tertiary/aromatic N) is 1. The number of hydrogen-bond donors (Lipinski definition) is 0. The molecule has 0 bridgehead atoms. The van der Waals surface area contributed by atoms with Gasteiger partial charge in [-0.25, -0.2) is 0 Å². The first-order valence-corrected chi connectivity index (χ1v) is 10.8. The van der Waals surface area contributed by atoms with E-state index in [9.17, 15) is 4.79 Å². The van der Waals surface area contributed by atoms with E-state index in [-0.39, 0.29) is 16.9 Å². The van der Waals surface area contributed by atoms with Gasteiger partial charge < -0.3 is 4.90 Å². The van der Waals surface area contributed by atoms with Crippen LogP contribution in [0, 0.1) is 6.92 Å². The van der Waals surface area contributed by atoms with Crippen LogP contribution in [0.25, 0.3) is 0 Å². The fourth-order valence-corrected chi connectivity index (χ4v) is 5.09. The first kappa shape index (κ1) is 19.9. The Morgan fingerprint density at radius 3 is 2.24 bits per heavy atom. The smallest absolute Gasteiger partial charge is 0.258 e. The molecule has 0 saturated heterocycles. The number of amides is 1. The summed E-state index contributed by atoms with van der Waals surface area (Å²) in [6.45, 7) is 8.75. The standard InChI is InChI=1S/C26H26BrNO/c1-18-10-15-22-23(16-18)28(24(29)19-11-13-21(27)14-12-19)25(2,3)17-26(22,4)20-8-6-5-7-9-20/h5-16H,17H2,1-4H3. The van der Waals surface area contributed by atoms with Crippen LogP contribution in [0.2, 0.25) is 0 Å². The largest absolute Gasteiger partial charge is 0.302 e. The molecular weight excluding hydrogens is 422 g/mol. The highest BCUT2D eigenvalue weighted by molar-refractivity contribution is 9.10. The van der Waals surface area contributed by atoms with Crippen molar-refractivity contribution in [1.29, 1.82) is 0 Å². The second-order valence-corrected chi connectivity index (χ2v) is 9.77. The second kappa shape index (κ2) is 7.14.